The number of hydrogen-bond donors (Lipinski definition) is 1. The zero-order chi connectivity index (χ0) is 27.5. The second-order valence-electron chi connectivity index (χ2n) is 8.65. The Balaban J connectivity index is 1.72. The van der Waals surface area contributed by atoms with Gasteiger partial charge < -0.3 is 39.1 Å². The Kier molecular flexibility index (Phi) is 11.7. The molecule has 2 N–H and O–H groups in total. The molecule has 0 radical (unpaired) electrons. The molecule has 0 aromatic rings. The summed E-state index contributed by atoms with van der Waals surface area (Å²) in [6.07, 6.45) is -4.58. The van der Waals surface area contributed by atoms with Crippen molar-refractivity contribution in [1.82, 2.24) is 0 Å². The fourth-order valence-corrected chi connectivity index (χ4v) is 3.70. The number of ether oxygens (including phenoxy) is 5. The topological polar surface area (TPSA) is 228 Å². The molecule has 2 heterocycles. The first-order valence-electron chi connectivity index (χ1n) is 11.6. The third kappa shape index (κ3) is 10.3. The zero-order valence-corrected chi connectivity index (χ0v) is 20.4. The SMILES string of the molecule is CC(C)OC(=O)[C@@H](N)CCC(=O)O[C@@H]1CO[C@H]2[C@@H]1OC[C@H]2OC(=O)CCCC(CO[N+](=O)[O-])O[N+](=O)[O-]. The van der Waals surface area contributed by atoms with Crippen molar-refractivity contribution >= 4 is 17.9 Å². The van der Waals surface area contributed by atoms with Gasteiger partial charge in [0, 0.05) is 12.8 Å². The molecule has 2 aliphatic rings. The highest BCUT2D eigenvalue weighted by molar-refractivity contribution is 5.77. The van der Waals surface area contributed by atoms with Gasteiger partial charge in [0.15, 0.2) is 12.2 Å². The van der Waals surface area contributed by atoms with Crippen LogP contribution in [0.15, 0.2) is 0 Å². The Bertz CT molecular complexity index is 824. The van der Waals surface area contributed by atoms with Crippen LogP contribution >= 0.6 is 0 Å². The maximum absolute atomic E-state index is 12.2. The summed E-state index contributed by atoms with van der Waals surface area (Å²) in [4.78, 5) is 65.3. The Morgan fingerprint density at radius 2 is 1.51 bits per heavy atom. The summed E-state index contributed by atoms with van der Waals surface area (Å²) in [5.41, 5.74) is 5.72. The maximum Gasteiger partial charge on any atom is 0.323 e. The number of fused-ring (bicyclic) bond motifs is 1. The molecule has 37 heavy (non-hydrogen) atoms. The van der Waals surface area contributed by atoms with E-state index in [9.17, 15) is 34.6 Å². The Labute approximate surface area is 210 Å². The monoisotopic (exact) mass is 537 g/mol. The smallest absolute Gasteiger partial charge is 0.323 e. The minimum atomic E-state index is -1.23. The van der Waals surface area contributed by atoms with E-state index in [2.05, 4.69) is 9.68 Å². The molecule has 2 fully saturated rings. The molecule has 0 amide bonds. The first-order valence-corrected chi connectivity index (χ1v) is 11.6. The predicted molar refractivity (Wildman–Crippen MR) is 116 cm³/mol. The van der Waals surface area contributed by atoms with Crippen LogP contribution in [0.4, 0.5) is 0 Å². The summed E-state index contributed by atoms with van der Waals surface area (Å²) in [6, 6.07) is -0.962. The summed E-state index contributed by atoms with van der Waals surface area (Å²) in [5.74, 6) is -1.85. The van der Waals surface area contributed by atoms with Gasteiger partial charge in [-0.05, 0) is 33.1 Å². The molecule has 2 rings (SSSR count). The largest absolute Gasteiger partial charge is 0.462 e. The number of nitrogens with two attached hydrogens (primary N) is 1. The van der Waals surface area contributed by atoms with Crippen molar-refractivity contribution in [3.63, 3.8) is 0 Å². The molecule has 0 bridgehead atoms. The average molecular weight is 537 g/mol. The highest BCUT2D eigenvalue weighted by Crippen LogP contribution is 2.31. The van der Waals surface area contributed by atoms with E-state index in [1.807, 2.05) is 0 Å². The fourth-order valence-electron chi connectivity index (χ4n) is 3.70. The summed E-state index contributed by atoms with van der Waals surface area (Å²) in [6.45, 7) is 2.73. The molecule has 0 aromatic carbocycles. The molecule has 17 heteroatoms. The molecule has 2 saturated heterocycles. The van der Waals surface area contributed by atoms with Crippen LogP contribution in [0.3, 0.4) is 0 Å². The van der Waals surface area contributed by atoms with Gasteiger partial charge in [-0.15, -0.1) is 20.2 Å². The summed E-state index contributed by atoms with van der Waals surface area (Å²) in [7, 11) is 0. The quantitative estimate of drug-likeness (QED) is 0.114. The molecule has 0 spiro atoms. The van der Waals surface area contributed by atoms with Crippen molar-refractivity contribution in [2.24, 2.45) is 5.73 Å². The van der Waals surface area contributed by atoms with Crippen LogP contribution < -0.4 is 5.73 Å². The van der Waals surface area contributed by atoms with E-state index in [-0.39, 0.29) is 51.4 Å². The van der Waals surface area contributed by atoms with Crippen molar-refractivity contribution in [3.05, 3.63) is 20.2 Å². The first-order chi connectivity index (χ1) is 17.5. The van der Waals surface area contributed by atoms with Crippen molar-refractivity contribution in [3.8, 4) is 0 Å². The zero-order valence-electron chi connectivity index (χ0n) is 20.4. The number of esters is 3. The molecule has 1 unspecified atom stereocenters. The van der Waals surface area contributed by atoms with Gasteiger partial charge in [-0.25, -0.2) is 0 Å². The van der Waals surface area contributed by atoms with Crippen molar-refractivity contribution in [2.45, 2.75) is 88.6 Å². The van der Waals surface area contributed by atoms with Crippen LogP contribution in [0, 0.1) is 20.2 Å². The normalized spacial score (nSPS) is 24.0. The molecular formula is C20H31N3O14. The number of nitrogens with zero attached hydrogens (tertiary/aromatic N) is 2. The highest BCUT2D eigenvalue weighted by atomic mass is 17.0. The van der Waals surface area contributed by atoms with E-state index in [0.717, 1.165) is 0 Å². The second-order valence-corrected chi connectivity index (χ2v) is 8.65. The number of rotatable bonds is 16. The van der Waals surface area contributed by atoms with E-state index in [0.29, 0.717) is 0 Å². The summed E-state index contributed by atoms with van der Waals surface area (Å²) < 4.78 is 26.9. The van der Waals surface area contributed by atoms with Crippen LogP contribution in [-0.4, -0.2) is 90.6 Å². The van der Waals surface area contributed by atoms with Gasteiger partial charge in [-0.2, -0.15) is 0 Å². The molecular weight excluding hydrogens is 506 g/mol. The third-order valence-electron chi connectivity index (χ3n) is 5.35. The molecule has 0 aromatic heterocycles. The van der Waals surface area contributed by atoms with Crippen molar-refractivity contribution < 1.29 is 57.9 Å². The van der Waals surface area contributed by atoms with Crippen molar-refractivity contribution in [1.29, 1.82) is 0 Å². The highest BCUT2D eigenvalue weighted by Gasteiger charge is 2.51. The van der Waals surface area contributed by atoms with Crippen LogP contribution in [0.1, 0.15) is 46.0 Å². The van der Waals surface area contributed by atoms with Gasteiger partial charge in [0.2, 0.25) is 0 Å². The van der Waals surface area contributed by atoms with E-state index < -0.39 is 71.2 Å². The van der Waals surface area contributed by atoms with Crippen molar-refractivity contribution in [2.75, 3.05) is 19.8 Å². The number of carbonyl (C=O) groups is 3. The third-order valence-corrected chi connectivity index (χ3v) is 5.35. The predicted octanol–water partition coefficient (Wildman–Crippen LogP) is -0.378. The van der Waals surface area contributed by atoms with Gasteiger partial charge in [0.05, 0.1) is 19.3 Å². The lowest BCUT2D eigenvalue weighted by Crippen LogP contribution is -2.37. The maximum atomic E-state index is 12.2. The lowest BCUT2D eigenvalue weighted by molar-refractivity contribution is -0.790. The van der Waals surface area contributed by atoms with E-state index in [1.165, 1.54) is 0 Å². The lowest BCUT2D eigenvalue weighted by Gasteiger charge is -2.18. The molecule has 6 atom stereocenters. The second kappa shape index (κ2) is 14.4. The molecule has 17 nitrogen and oxygen atoms in total. The Hall–Kier alpha value is -3.31. The fraction of sp³-hybridized carbons (Fsp3) is 0.850. The summed E-state index contributed by atoms with van der Waals surface area (Å²) in [5, 5.41) is 18.6. The van der Waals surface area contributed by atoms with Gasteiger partial charge >= 0.3 is 17.9 Å². The molecule has 0 aliphatic carbocycles. The van der Waals surface area contributed by atoms with Gasteiger partial charge in [0.1, 0.15) is 31.0 Å². The minimum Gasteiger partial charge on any atom is -0.462 e. The van der Waals surface area contributed by atoms with E-state index >= 15 is 0 Å². The number of hydrogen-bond acceptors (Lipinski definition) is 15. The van der Waals surface area contributed by atoms with E-state index in [4.69, 9.17) is 29.4 Å². The Morgan fingerprint density at radius 3 is 2.03 bits per heavy atom. The van der Waals surface area contributed by atoms with Gasteiger partial charge in [-0.1, -0.05) is 0 Å². The van der Waals surface area contributed by atoms with Crippen LogP contribution in [0.25, 0.3) is 0 Å². The molecule has 210 valence electrons. The van der Waals surface area contributed by atoms with Crippen LogP contribution in [0.2, 0.25) is 0 Å². The van der Waals surface area contributed by atoms with Gasteiger partial charge in [0.25, 0.3) is 10.2 Å². The average Bonchev–Trinajstić information content (AvgIpc) is 3.38. The summed E-state index contributed by atoms with van der Waals surface area (Å²) >= 11 is 0. The van der Waals surface area contributed by atoms with E-state index in [1.54, 1.807) is 13.8 Å². The lowest BCUT2D eigenvalue weighted by atomic mass is 10.1. The molecule has 0 saturated carbocycles. The Morgan fingerprint density at radius 1 is 0.946 bits per heavy atom. The van der Waals surface area contributed by atoms with Crippen LogP contribution in [-0.2, 0) is 47.7 Å². The van der Waals surface area contributed by atoms with Crippen LogP contribution in [0.5, 0.6) is 0 Å². The first kappa shape index (κ1) is 29.9. The minimum absolute atomic E-state index is 0.00474. The molecule has 2 aliphatic heterocycles. The number of carbonyl (C=O) groups excluding carboxylic acids is 3. The van der Waals surface area contributed by atoms with Gasteiger partial charge in [-0.3, -0.25) is 14.4 Å². The standard InChI is InChI=1S/C20H31N3O14/c1-11(2)34-20(26)13(21)6-7-17(25)36-15-10-32-18-14(9-31-19(15)18)35-16(24)5-3-4-12(37-23(29)30)8-33-22(27)28/h11-15,18-19H,3-10,21H2,1-2H3/t12?,13-,14+,15+,18+,19+/m0/s1.